The van der Waals surface area contributed by atoms with Gasteiger partial charge in [-0.15, -0.1) is 11.6 Å². The lowest BCUT2D eigenvalue weighted by molar-refractivity contribution is 0.191. The number of nitrogens with zero attached hydrogens (tertiary/aromatic N) is 2. The van der Waals surface area contributed by atoms with Gasteiger partial charge in [0.15, 0.2) is 0 Å². The first kappa shape index (κ1) is 15.6. The number of rotatable bonds is 8. The number of halogens is 2. The summed E-state index contributed by atoms with van der Waals surface area (Å²) in [7, 11) is 1.74. The van der Waals surface area contributed by atoms with Gasteiger partial charge in [0, 0.05) is 32.6 Å². The van der Waals surface area contributed by atoms with Crippen molar-refractivity contribution in [3.63, 3.8) is 0 Å². The van der Waals surface area contributed by atoms with E-state index < -0.39 is 0 Å². The predicted octanol–water partition coefficient (Wildman–Crippen LogP) is 4.29. The molecule has 0 aliphatic rings. The number of alkyl halides is 1. The van der Waals surface area contributed by atoms with Gasteiger partial charge in [-0.05, 0) is 31.4 Å². The van der Waals surface area contributed by atoms with Crippen LogP contribution in [0.5, 0.6) is 0 Å². The van der Waals surface area contributed by atoms with Crippen LogP contribution in [0, 0.1) is 0 Å². The van der Waals surface area contributed by atoms with Crippen LogP contribution in [0.25, 0.3) is 11.0 Å². The SMILES string of the molecule is COCCCCCn1c(CCCl)nc2c(Cl)cccc21. The van der Waals surface area contributed by atoms with E-state index in [2.05, 4.69) is 15.6 Å². The molecule has 0 radical (unpaired) electrons. The van der Waals surface area contributed by atoms with Crippen LogP contribution in [0.15, 0.2) is 18.2 Å². The summed E-state index contributed by atoms with van der Waals surface area (Å²) in [5, 5.41) is 0.705. The summed E-state index contributed by atoms with van der Waals surface area (Å²) in [5.74, 6) is 1.60. The largest absolute Gasteiger partial charge is 0.385 e. The minimum absolute atomic E-state index is 0.574. The zero-order valence-corrected chi connectivity index (χ0v) is 13.3. The molecule has 2 aromatic rings. The van der Waals surface area contributed by atoms with Crippen molar-refractivity contribution >= 4 is 34.2 Å². The number of hydrogen-bond donors (Lipinski definition) is 0. The maximum Gasteiger partial charge on any atom is 0.111 e. The highest BCUT2D eigenvalue weighted by molar-refractivity contribution is 6.34. The molecule has 0 unspecified atom stereocenters. The Bertz CT molecular complexity index is 554. The van der Waals surface area contributed by atoms with Crippen molar-refractivity contribution in [2.45, 2.75) is 32.2 Å². The lowest BCUT2D eigenvalue weighted by Crippen LogP contribution is -2.05. The van der Waals surface area contributed by atoms with E-state index in [0.717, 1.165) is 55.7 Å². The molecule has 0 bridgehead atoms. The van der Waals surface area contributed by atoms with Gasteiger partial charge in [0.1, 0.15) is 11.3 Å². The number of benzene rings is 1. The van der Waals surface area contributed by atoms with Crippen LogP contribution in [-0.4, -0.2) is 29.1 Å². The molecule has 1 aromatic heterocycles. The molecule has 3 nitrogen and oxygen atoms in total. The van der Waals surface area contributed by atoms with Crippen molar-refractivity contribution in [3.8, 4) is 0 Å². The Morgan fingerprint density at radius 1 is 1.25 bits per heavy atom. The number of aromatic nitrogens is 2. The third-order valence-corrected chi connectivity index (χ3v) is 3.85. The fourth-order valence-corrected chi connectivity index (χ4v) is 2.76. The van der Waals surface area contributed by atoms with Gasteiger partial charge < -0.3 is 9.30 Å². The molecule has 0 aliphatic heterocycles. The predicted molar refractivity (Wildman–Crippen MR) is 84.9 cm³/mol. The lowest BCUT2D eigenvalue weighted by atomic mass is 10.2. The smallest absolute Gasteiger partial charge is 0.111 e. The topological polar surface area (TPSA) is 27.1 Å². The van der Waals surface area contributed by atoms with Gasteiger partial charge in [0.05, 0.1) is 10.5 Å². The van der Waals surface area contributed by atoms with Crippen molar-refractivity contribution in [1.82, 2.24) is 9.55 Å². The number of imidazole rings is 1. The molecule has 0 fully saturated rings. The van der Waals surface area contributed by atoms with Crippen molar-refractivity contribution in [2.75, 3.05) is 19.6 Å². The Labute approximate surface area is 129 Å². The van der Waals surface area contributed by atoms with Crippen LogP contribution in [0.1, 0.15) is 25.1 Å². The van der Waals surface area contributed by atoms with E-state index in [1.54, 1.807) is 7.11 Å². The van der Waals surface area contributed by atoms with E-state index in [9.17, 15) is 0 Å². The first-order valence-corrected chi connectivity index (χ1v) is 7.87. The molecule has 1 heterocycles. The second-order valence-electron chi connectivity index (χ2n) is 4.78. The van der Waals surface area contributed by atoms with Crippen LogP contribution < -0.4 is 0 Å². The molecule has 20 heavy (non-hydrogen) atoms. The molecule has 0 atom stereocenters. The Kier molecular flexibility index (Phi) is 6.14. The van der Waals surface area contributed by atoms with Crippen molar-refractivity contribution in [3.05, 3.63) is 29.0 Å². The first-order valence-electron chi connectivity index (χ1n) is 6.96. The van der Waals surface area contributed by atoms with E-state index in [1.165, 1.54) is 0 Å². The van der Waals surface area contributed by atoms with Gasteiger partial charge in [0.25, 0.3) is 0 Å². The minimum atomic E-state index is 0.574. The number of methoxy groups -OCH3 is 1. The van der Waals surface area contributed by atoms with Gasteiger partial charge in [-0.25, -0.2) is 4.98 Å². The third kappa shape index (κ3) is 3.66. The highest BCUT2D eigenvalue weighted by Crippen LogP contribution is 2.24. The van der Waals surface area contributed by atoms with Gasteiger partial charge in [-0.2, -0.15) is 0 Å². The van der Waals surface area contributed by atoms with Crippen molar-refractivity contribution in [2.24, 2.45) is 0 Å². The molecule has 2 rings (SSSR count). The zero-order chi connectivity index (χ0) is 14.4. The highest BCUT2D eigenvalue weighted by Gasteiger charge is 2.12. The van der Waals surface area contributed by atoms with Crippen LogP contribution in [-0.2, 0) is 17.7 Å². The quantitative estimate of drug-likeness (QED) is 0.537. The second-order valence-corrected chi connectivity index (χ2v) is 5.56. The van der Waals surface area contributed by atoms with E-state index in [1.807, 2.05) is 12.1 Å². The standard InChI is InChI=1S/C15H20Cl2N2O/c1-20-11-4-2-3-10-19-13-7-5-6-12(17)15(13)18-14(19)8-9-16/h5-7H,2-4,8-11H2,1H3. The zero-order valence-electron chi connectivity index (χ0n) is 11.7. The molecule has 110 valence electrons. The van der Waals surface area contributed by atoms with Gasteiger partial charge in [-0.3, -0.25) is 0 Å². The summed E-state index contributed by atoms with van der Waals surface area (Å²) < 4.78 is 7.32. The van der Waals surface area contributed by atoms with E-state index in [-0.39, 0.29) is 0 Å². The maximum atomic E-state index is 6.22. The molecule has 0 spiro atoms. The second kappa shape index (κ2) is 7.87. The summed E-state index contributed by atoms with van der Waals surface area (Å²) in [5.41, 5.74) is 1.98. The number of ether oxygens (including phenoxy) is 1. The molecule has 0 aliphatic carbocycles. The fraction of sp³-hybridized carbons (Fsp3) is 0.533. The molecule has 0 saturated carbocycles. The Morgan fingerprint density at radius 3 is 2.85 bits per heavy atom. The van der Waals surface area contributed by atoms with Crippen LogP contribution in [0.2, 0.25) is 5.02 Å². The van der Waals surface area contributed by atoms with Crippen LogP contribution in [0.3, 0.4) is 0 Å². The fourth-order valence-electron chi connectivity index (χ4n) is 2.38. The maximum absolute atomic E-state index is 6.22. The van der Waals surface area contributed by atoms with E-state index >= 15 is 0 Å². The molecule has 0 amide bonds. The summed E-state index contributed by atoms with van der Waals surface area (Å²) in [6.45, 7) is 1.78. The van der Waals surface area contributed by atoms with Gasteiger partial charge in [-0.1, -0.05) is 17.7 Å². The molecular weight excluding hydrogens is 295 g/mol. The minimum Gasteiger partial charge on any atom is -0.385 e. The number of para-hydroxylation sites is 1. The number of aryl methyl sites for hydroxylation is 2. The van der Waals surface area contributed by atoms with Crippen molar-refractivity contribution in [1.29, 1.82) is 0 Å². The first-order chi connectivity index (χ1) is 9.77. The molecule has 0 saturated heterocycles. The van der Waals surface area contributed by atoms with E-state index in [0.29, 0.717) is 10.9 Å². The third-order valence-electron chi connectivity index (χ3n) is 3.36. The number of hydrogen-bond acceptors (Lipinski definition) is 2. The number of unbranched alkanes of at least 4 members (excludes halogenated alkanes) is 2. The summed E-state index contributed by atoms with van der Waals surface area (Å²) >= 11 is 12.1. The highest BCUT2D eigenvalue weighted by atomic mass is 35.5. The molecule has 5 heteroatoms. The molecule has 0 N–H and O–H groups in total. The van der Waals surface area contributed by atoms with E-state index in [4.69, 9.17) is 27.9 Å². The molecular formula is C15H20Cl2N2O. The average Bonchev–Trinajstić information content (AvgIpc) is 2.79. The Balaban J connectivity index is 2.16. The Hall–Kier alpha value is -0.770. The number of fused-ring (bicyclic) bond motifs is 1. The van der Waals surface area contributed by atoms with Crippen molar-refractivity contribution < 1.29 is 4.74 Å². The van der Waals surface area contributed by atoms with Crippen LogP contribution in [0.4, 0.5) is 0 Å². The van der Waals surface area contributed by atoms with Crippen LogP contribution >= 0.6 is 23.2 Å². The average molecular weight is 315 g/mol. The monoisotopic (exact) mass is 314 g/mol. The van der Waals surface area contributed by atoms with Gasteiger partial charge in [0.2, 0.25) is 0 Å². The Morgan fingerprint density at radius 2 is 2.10 bits per heavy atom. The summed E-state index contributed by atoms with van der Waals surface area (Å²) in [6.07, 6.45) is 4.12. The lowest BCUT2D eigenvalue weighted by Gasteiger charge is -2.08. The normalized spacial score (nSPS) is 11.3. The summed E-state index contributed by atoms with van der Waals surface area (Å²) in [6, 6.07) is 5.92. The summed E-state index contributed by atoms with van der Waals surface area (Å²) in [4.78, 5) is 4.64. The molecule has 1 aromatic carbocycles. The van der Waals surface area contributed by atoms with Gasteiger partial charge >= 0.3 is 0 Å².